The fourth-order valence-corrected chi connectivity index (χ4v) is 0.787. The highest BCUT2D eigenvalue weighted by Crippen LogP contribution is 2.05. The number of ether oxygens (including phenoxy) is 1. The van der Waals surface area contributed by atoms with Gasteiger partial charge in [-0.3, -0.25) is 0 Å². The lowest BCUT2D eigenvalue weighted by molar-refractivity contribution is -0.144. The molecule has 3 N–H and O–H groups in total. The van der Waals surface area contributed by atoms with E-state index in [0.29, 0.717) is 0 Å². The lowest BCUT2D eigenvalue weighted by Crippen LogP contribution is -2.42. The first-order valence-corrected chi connectivity index (χ1v) is 3.48. The van der Waals surface area contributed by atoms with Crippen LogP contribution < -0.4 is 11.2 Å². The van der Waals surface area contributed by atoms with Crippen LogP contribution in [-0.2, 0) is 14.4 Å². The van der Waals surface area contributed by atoms with Gasteiger partial charge in [0.05, 0.1) is 6.10 Å². The van der Waals surface area contributed by atoms with Crippen molar-refractivity contribution in [3.8, 4) is 0 Å². The summed E-state index contributed by atoms with van der Waals surface area (Å²) in [5, 5.41) is 0. The number of carbonyl (C=O) groups is 1. The van der Waals surface area contributed by atoms with E-state index in [1.54, 1.807) is 0 Å². The maximum absolute atomic E-state index is 10.7. The zero-order chi connectivity index (χ0) is 8.43. The molecule has 0 aromatic carbocycles. The molecule has 0 amide bonds. The topological polar surface area (TPSA) is 73.6 Å². The summed E-state index contributed by atoms with van der Waals surface area (Å²) in [7, 11) is 0. The number of hydroxylamine groups is 1. The molecule has 0 spiro atoms. The van der Waals surface area contributed by atoms with E-state index in [4.69, 9.17) is 10.5 Å². The Hall–Kier alpha value is -0.650. The molecule has 1 aliphatic rings. The number of hydrogen-bond donors (Lipinski definition) is 2. The molecule has 0 aromatic rings. The number of rotatable bonds is 2. The fraction of sp³-hybridized carbons (Fsp3) is 0.833. The van der Waals surface area contributed by atoms with Crippen LogP contribution in [0.3, 0.4) is 0 Å². The van der Waals surface area contributed by atoms with Crippen LogP contribution >= 0.6 is 0 Å². The van der Waals surface area contributed by atoms with Crippen molar-refractivity contribution in [1.29, 1.82) is 0 Å². The number of nitrogens with two attached hydrogens (primary N) is 1. The van der Waals surface area contributed by atoms with Gasteiger partial charge in [-0.25, -0.2) is 4.79 Å². The van der Waals surface area contributed by atoms with Crippen LogP contribution in [0.2, 0.25) is 0 Å². The predicted octanol–water partition coefficient (Wildman–Crippen LogP) is -0.874. The second kappa shape index (κ2) is 3.17. The second-order valence-corrected chi connectivity index (χ2v) is 2.67. The molecule has 1 aliphatic heterocycles. The van der Waals surface area contributed by atoms with Crippen molar-refractivity contribution < 1.29 is 14.4 Å². The number of nitrogens with one attached hydrogen (secondary N) is 1. The van der Waals surface area contributed by atoms with E-state index in [9.17, 15) is 4.79 Å². The van der Waals surface area contributed by atoms with Crippen LogP contribution in [0.25, 0.3) is 0 Å². The van der Waals surface area contributed by atoms with Gasteiger partial charge in [0.1, 0.15) is 6.04 Å². The smallest absolute Gasteiger partial charge is 0.345 e. The van der Waals surface area contributed by atoms with Gasteiger partial charge in [0.15, 0.2) is 6.23 Å². The Morgan fingerprint density at radius 2 is 2.36 bits per heavy atom. The third-order valence-electron chi connectivity index (χ3n) is 1.29. The Morgan fingerprint density at radius 3 is 2.73 bits per heavy atom. The Bertz CT molecular complexity index is 160. The maximum atomic E-state index is 10.7. The Balaban J connectivity index is 2.42. The van der Waals surface area contributed by atoms with E-state index in [-0.39, 0.29) is 6.10 Å². The minimum atomic E-state index is -0.711. The van der Waals surface area contributed by atoms with E-state index in [1.807, 2.05) is 13.8 Å². The molecule has 11 heavy (non-hydrogen) atoms. The maximum Gasteiger partial charge on any atom is 0.345 e. The molecule has 0 aliphatic carbocycles. The zero-order valence-electron chi connectivity index (χ0n) is 6.53. The number of carbonyl (C=O) groups excluding carboxylic acids is 1. The molecule has 5 heteroatoms. The van der Waals surface area contributed by atoms with Crippen LogP contribution in [0, 0.1) is 0 Å². The summed E-state index contributed by atoms with van der Waals surface area (Å²) < 4.78 is 5.21. The molecule has 0 radical (unpaired) electrons. The fourth-order valence-electron chi connectivity index (χ4n) is 0.787. The first-order chi connectivity index (χ1) is 5.11. The summed E-state index contributed by atoms with van der Waals surface area (Å²) in [5.41, 5.74) is 7.80. The van der Waals surface area contributed by atoms with Crippen LogP contribution in [0.4, 0.5) is 0 Å². The van der Waals surface area contributed by atoms with E-state index in [1.165, 1.54) is 0 Å². The minimum absolute atomic E-state index is 0.0213. The second-order valence-electron chi connectivity index (χ2n) is 2.67. The average molecular weight is 160 g/mol. The SMILES string of the molecule is CC(C)OC1NOC(=O)C1N. The standard InChI is InChI=1S/C6H12N2O3/c1-3(2)10-5-4(7)6(9)11-8-5/h3-5,8H,7H2,1-2H3. The molecule has 64 valence electrons. The van der Waals surface area contributed by atoms with Crippen LogP contribution in [-0.4, -0.2) is 24.3 Å². The van der Waals surface area contributed by atoms with Crippen LogP contribution in [0.15, 0.2) is 0 Å². The van der Waals surface area contributed by atoms with Gasteiger partial charge in [0.25, 0.3) is 0 Å². The molecule has 0 saturated carbocycles. The highest BCUT2D eigenvalue weighted by atomic mass is 16.7. The van der Waals surface area contributed by atoms with Crippen LogP contribution in [0.1, 0.15) is 13.8 Å². The summed E-state index contributed by atoms with van der Waals surface area (Å²) >= 11 is 0. The summed E-state index contributed by atoms with van der Waals surface area (Å²) in [6.45, 7) is 3.72. The molecule has 1 rings (SSSR count). The lowest BCUT2D eigenvalue weighted by Gasteiger charge is -2.14. The van der Waals surface area contributed by atoms with Gasteiger partial charge in [-0.1, -0.05) is 0 Å². The molecule has 5 nitrogen and oxygen atoms in total. The molecule has 1 saturated heterocycles. The van der Waals surface area contributed by atoms with E-state index < -0.39 is 18.2 Å². The highest BCUT2D eigenvalue weighted by Gasteiger charge is 2.35. The van der Waals surface area contributed by atoms with Crippen molar-refractivity contribution in [2.24, 2.45) is 5.73 Å². The molecule has 2 unspecified atom stereocenters. The van der Waals surface area contributed by atoms with Crippen molar-refractivity contribution in [2.75, 3.05) is 0 Å². The Labute approximate surface area is 64.8 Å². The quantitative estimate of drug-likeness (QED) is 0.549. The Kier molecular flexibility index (Phi) is 2.43. The summed E-state index contributed by atoms with van der Waals surface area (Å²) in [4.78, 5) is 15.1. The lowest BCUT2D eigenvalue weighted by atomic mass is 10.3. The van der Waals surface area contributed by atoms with Crippen molar-refractivity contribution in [2.45, 2.75) is 32.2 Å². The van der Waals surface area contributed by atoms with Gasteiger partial charge in [0, 0.05) is 0 Å². The monoisotopic (exact) mass is 160 g/mol. The first-order valence-electron chi connectivity index (χ1n) is 3.48. The molecule has 1 heterocycles. The third kappa shape index (κ3) is 1.89. The molecular formula is C6H12N2O3. The zero-order valence-corrected chi connectivity index (χ0v) is 6.53. The van der Waals surface area contributed by atoms with Gasteiger partial charge < -0.3 is 15.3 Å². The highest BCUT2D eigenvalue weighted by molar-refractivity contribution is 5.77. The van der Waals surface area contributed by atoms with Gasteiger partial charge >= 0.3 is 5.97 Å². The van der Waals surface area contributed by atoms with Crippen molar-refractivity contribution in [3.63, 3.8) is 0 Å². The molecule has 2 atom stereocenters. The predicted molar refractivity (Wildman–Crippen MR) is 37.2 cm³/mol. The third-order valence-corrected chi connectivity index (χ3v) is 1.29. The van der Waals surface area contributed by atoms with E-state index in [2.05, 4.69) is 10.3 Å². The van der Waals surface area contributed by atoms with Gasteiger partial charge in [-0.2, -0.15) is 0 Å². The molecule has 0 aromatic heterocycles. The van der Waals surface area contributed by atoms with Crippen molar-refractivity contribution in [1.82, 2.24) is 5.48 Å². The van der Waals surface area contributed by atoms with Gasteiger partial charge in [0.2, 0.25) is 0 Å². The van der Waals surface area contributed by atoms with E-state index >= 15 is 0 Å². The first kappa shape index (κ1) is 8.45. The molecular weight excluding hydrogens is 148 g/mol. The van der Waals surface area contributed by atoms with E-state index in [0.717, 1.165) is 0 Å². The summed E-state index contributed by atoms with van der Waals surface area (Å²) in [5.74, 6) is -0.476. The van der Waals surface area contributed by atoms with Crippen LogP contribution in [0.5, 0.6) is 0 Å². The summed E-state index contributed by atoms with van der Waals surface area (Å²) in [6, 6.07) is -0.711. The summed E-state index contributed by atoms with van der Waals surface area (Å²) in [6.07, 6.45) is -0.490. The molecule has 0 bridgehead atoms. The average Bonchev–Trinajstić information content (AvgIpc) is 2.18. The number of hydrogen-bond acceptors (Lipinski definition) is 5. The van der Waals surface area contributed by atoms with Crippen molar-refractivity contribution in [3.05, 3.63) is 0 Å². The normalized spacial score (nSPS) is 31.1. The Morgan fingerprint density at radius 1 is 1.73 bits per heavy atom. The largest absolute Gasteiger partial charge is 0.366 e. The molecule has 1 fully saturated rings. The minimum Gasteiger partial charge on any atom is -0.366 e. The van der Waals surface area contributed by atoms with Crippen molar-refractivity contribution >= 4 is 5.97 Å². The van der Waals surface area contributed by atoms with Gasteiger partial charge in [-0.05, 0) is 13.8 Å². The van der Waals surface area contributed by atoms with Gasteiger partial charge in [-0.15, -0.1) is 5.48 Å².